The van der Waals surface area contributed by atoms with Crippen LogP contribution in [-0.2, 0) is 9.47 Å². The second-order valence-electron chi connectivity index (χ2n) is 5.75. The Morgan fingerprint density at radius 1 is 1.19 bits per heavy atom. The second kappa shape index (κ2) is 6.64. The van der Waals surface area contributed by atoms with Gasteiger partial charge in [0, 0.05) is 31.0 Å². The van der Waals surface area contributed by atoms with Crippen molar-refractivity contribution >= 4 is 17.7 Å². The van der Waals surface area contributed by atoms with Gasteiger partial charge in [-0.1, -0.05) is 0 Å². The molecular weight excluding hydrogens is 338 g/mol. The lowest BCUT2D eigenvalue weighted by Crippen LogP contribution is -2.37. The standard InChI is InChI=1S/C16H17N7O3/c1-10-11(7-18-16(21-10)22-3-5-26-6-4-22)13-12(14(24)25-2)8-17-15-19-9-20-23(13)15/h7-9H,3-6H2,1-2H3. The average molecular weight is 355 g/mol. The number of ether oxygens (including phenoxy) is 2. The third-order valence-electron chi connectivity index (χ3n) is 4.23. The average Bonchev–Trinajstić information content (AvgIpc) is 3.16. The van der Waals surface area contributed by atoms with Crippen molar-refractivity contribution in [1.82, 2.24) is 29.5 Å². The summed E-state index contributed by atoms with van der Waals surface area (Å²) in [6.45, 7) is 4.66. The van der Waals surface area contributed by atoms with Crippen LogP contribution in [-0.4, -0.2) is 68.9 Å². The number of nitrogens with zero attached hydrogens (tertiary/aromatic N) is 7. The third kappa shape index (κ3) is 2.73. The van der Waals surface area contributed by atoms with Crippen molar-refractivity contribution in [3.8, 4) is 11.3 Å². The normalized spacial score (nSPS) is 14.6. The maximum absolute atomic E-state index is 12.2. The van der Waals surface area contributed by atoms with Crippen molar-refractivity contribution in [1.29, 1.82) is 0 Å². The number of esters is 1. The first-order valence-electron chi connectivity index (χ1n) is 8.13. The van der Waals surface area contributed by atoms with Gasteiger partial charge in [-0.2, -0.15) is 14.6 Å². The van der Waals surface area contributed by atoms with E-state index in [0.29, 0.717) is 36.2 Å². The van der Waals surface area contributed by atoms with Crippen molar-refractivity contribution in [2.24, 2.45) is 0 Å². The molecule has 0 aliphatic carbocycles. The fraction of sp³-hybridized carbons (Fsp3) is 0.375. The number of fused-ring (bicyclic) bond motifs is 1. The van der Waals surface area contributed by atoms with Gasteiger partial charge >= 0.3 is 5.97 Å². The Labute approximate surface area is 148 Å². The largest absolute Gasteiger partial charge is 0.465 e. The van der Waals surface area contributed by atoms with Crippen LogP contribution in [0.4, 0.5) is 5.95 Å². The van der Waals surface area contributed by atoms with Gasteiger partial charge in [0.1, 0.15) is 11.9 Å². The van der Waals surface area contributed by atoms with Crippen LogP contribution in [0.2, 0.25) is 0 Å². The van der Waals surface area contributed by atoms with Gasteiger partial charge in [0.25, 0.3) is 5.78 Å². The van der Waals surface area contributed by atoms with Gasteiger partial charge in [-0.05, 0) is 6.92 Å². The van der Waals surface area contributed by atoms with Gasteiger partial charge in [0.2, 0.25) is 5.95 Å². The van der Waals surface area contributed by atoms with E-state index in [1.54, 1.807) is 6.20 Å². The second-order valence-corrected chi connectivity index (χ2v) is 5.75. The zero-order valence-electron chi connectivity index (χ0n) is 14.4. The molecule has 0 unspecified atom stereocenters. The fourth-order valence-corrected chi connectivity index (χ4v) is 2.90. The number of anilines is 1. The Morgan fingerprint density at radius 3 is 2.73 bits per heavy atom. The molecule has 3 aromatic heterocycles. The summed E-state index contributed by atoms with van der Waals surface area (Å²) >= 11 is 0. The lowest BCUT2D eigenvalue weighted by atomic mass is 10.1. The molecule has 4 rings (SSSR count). The van der Waals surface area contributed by atoms with Crippen molar-refractivity contribution in [2.45, 2.75) is 6.92 Å². The van der Waals surface area contributed by atoms with Gasteiger partial charge in [-0.3, -0.25) is 0 Å². The minimum atomic E-state index is -0.512. The molecule has 3 aromatic rings. The molecule has 0 spiro atoms. The first kappa shape index (κ1) is 16.3. The smallest absolute Gasteiger partial charge is 0.341 e. The van der Waals surface area contributed by atoms with Gasteiger partial charge < -0.3 is 14.4 Å². The number of carbonyl (C=O) groups is 1. The molecule has 0 bridgehead atoms. The maximum atomic E-state index is 12.2. The molecule has 1 fully saturated rings. The molecule has 1 aliphatic rings. The summed E-state index contributed by atoms with van der Waals surface area (Å²) in [4.78, 5) is 31.6. The van der Waals surface area contributed by atoms with E-state index in [1.165, 1.54) is 24.1 Å². The highest BCUT2D eigenvalue weighted by Crippen LogP contribution is 2.27. The van der Waals surface area contributed by atoms with Crippen molar-refractivity contribution in [3.05, 3.63) is 30.0 Å². The first-order chi connectivity index (χ1) is 12.7. The summed E-state index contributed by atoms with van der Waals surface area (Å²) in [6, 6.07) is 0. The van der Waals surface area contributed by atoms with Crippen LogP contribution in [0.25, 0.3) is 17.0 Å². The summed E-state index contributed by atoms with van der Waals surface area (Å²) < 4.78 is 11.7. The lowest BCUT2D eigenvalue weighted by Gasteiger charge is -2.27. The molecule has 0 atom stereocenters. The summed E-state index contributed by atoms with van der Waals surface area (Å²) in [5.74, 6) is 0.504. The van der Waals surface area contributed by atoms with Crippen LogP contribution in [0, 0.1) is 6.92 Å². The zero-order valence-corrected chi connectivity index (χ0v) is 14.4. The van der Waals surface area contributed by atoms with E-state index in [9.17, 15) is 4.79 Å². The van der Waals surface area contributed by atoms with Crippen LogP contribution in [0.5, 0.6) is 0 Å². The van der Waals surface area contributed by atoms with E-state index in [2.05, 4.69) is 29.9 Å². The summed E-state index contributed by atoms with van der Waals surface area (Å²) in [5.41, 5.74) is 2.16. The third-order valence-corrected chi connectivity index (χ3v) is 4.23. The predicted octanol–water partition coefficient (Wildman–Crippen LogP) is 0.513. The summed E-state index contributed by atoms with van der Waals surface area (Å²) in [5, 5.41) is 4.18. The molecule has 4 heterocycles. The molecule has 0 saturated carbocycles. The highest BCUT2D eigenvalue weighted by atomic mass is 16.5. The Hall–Kier alpha value is -3.14. The SMILES string of the molecule is COC(=O)c1cnc2ncnn2c1-c1cnc(N2CCOCC2)nc1C. The van der Waals surface area contributed by atoms with Crippen LogP contribution >= 0.6 is 0 Å². The highest BCUT2D eigenvalue weighted by Gasteiger charge is 2.22. The molecular formula is C16H17N7O3. The minimum absolute atomic E-state index is 0.274. The van der Waals surface area contributed by atoms with E-state index < -0.39 is 5.97 Å². The van der Waals surface area contributed by atoms with E-state index in [0.717, 1.165) is 18.8 Å². The molecule has 0 N–H and O–H groups in total. The number of rotatable bonds is 3. The van der Waals surface area contributed by atoms with Crippen LogP contribution in [0.1, 0.15) is 16.1 Å². The number of hydrogen-bond donors (Lipinski definition) is 0. The summed E-state index contributed by atoms with van der Waals surface area (Å²) in [7, 11) is 1.32. The van der Waals surface area contributed by atoms with Crippen LogP contribution < -0.4 is 4.90 Å². The number of methoxy groups -OCH3 is 1. The molecule has 10 heteroatoms. The fourth-order valence-electron chi connectivity index (χ4n) is 2.90. The number of aromatic nitrogens is 6. The van der Waals surface area contributed by atoms with E-state index in [4.69, 9.17) is 9.47 Å². The number of hydrogen-bond acceptors (Lipinski definition) is 9. The lowest BCUT2D eigenvalue weighted by molar-refractivity contribution is 0.0600. The Bertz CT molecular complexity index is 966. The molecule has 0 amide bonds. The quantitative estimate of drug-likeness (QED) is 0.621. The maximum Gasteiger partial charge on any atom is 0.341 e. The molecule has 1 saturated heterocycles. The van der Waals surface area contributed by atoms with Gasteiger partial charge in [0.05, 0.1) is 31.7 Å². The van der Waals surface area contributed by atoms with Crippen molar-refractivity contribution in [2.75, 3.05) is 38.3 Å². The van der Waals surface area contributed by atoms with Crippen molar-refractivity contribution in [3.63, 3.8) is 0 Å². The number of carbonyl (C=O) groups excluding carboxylic acids is 1. The highest BCUT2D eigenvalue weighted by molar-refractivity contribution is 5.96. The monoisotopic (exact) mass is 355 g/mol. The number of morpholine rings is 1. The Kier molecular flexibility index (Phi) is 4.17. The van der Waals surface area contributed by atoms with Crippen LogP contribution in [0.15, 0.2) is 18.7 Å². The minimum Gasteiger partial charge on any atom is -0.465 e. The zero-order chi connectivity index (χ0) is 18.1. The van der Waals surface area contributed by atoms with Gasteiger partial charge in [-0.25, -0.2) is 19.7 Å². The predicted molar refractivity (Wildman–Crippen MR) is 90.9 cm³/mol. The van der Waals surface area contributed by atoms with E-state index in [-0.39, 0.29) is 5.56 Å². The van der Waals surface area contributed by atoms with E-state index in [1.807, 2.05) is 6.92 Å². The molecule has 10 nitrogen and oxygen atoms in total. The molecule has 1 aliphatic heterocycles. The molecule has 0 aromatic carbocycles. The van der Waals surface area contributed by atoms with Gasteiger partial charge in [0.15, 0.2) is 0 Å². The first-order valence-corrected chi connectivity index (χ1v) is 8.13. The molecule has 26 heavy (non-hydrogen) atoms. The Balaban J connectivity index is 1.84. The van der Waals surface area contributed by atoms with Crippen LogP contribution in [0.3, 0.4) is 0 Å². The van der Waals surface area contributed by atoms with Crippen molar-refractivity contribution < 1.29 is 14.3 Å². The van der Waals surface area contributed by atoms with Gasteiger partial charge in [-0.15, -0.1) is 0 Å². The topological polar surface area (TPSA) is 108 Å². The number of aryl methyl sites for hydroxylation is 1. The molecule has 134 valence electrons. The summed E-state index contributed by atoms with van der Waals surface area (Å²) in [6.07, 6.45) is 4.50. The Morgan fingerprint density at radius 2 is 2.00 bits per heavy atom. The molecule has 0 radical (unpaired) electrons. The van der Waals surface area contributed by atoms with E-state index >= 15 is 0 Å².